The third-order valence-corrected chi connectivity index (χ3v) is 4.75. The van der Waals surface area contributed by atoms with E-state index >= 15 is 0 Å². The Morgan fingerprint density at radius 2 is 1.69 bits per heavy atom. The molecule has 0 aromatic heterocycles. The van der Waals surface area contributed by atoms with Gasteiger partial charge in [-0.2, -0.15) is 0 Å². The summed E-state index contributed by atoms with van der Waals surface area (Å²) >= 11 is 0. The highest BCUT2D eigenvalue weighted by molar-refractivity contribution is 6.56. The molecular weight excluding hydrogens is 191 g/mol. The molecule has 0 N–H and O–H groups in total. The number of fused-ring (bicyclic) bond motifs is 1. The minimum absolute atomic E-state index is 0.329. The van der Waals surface area contributed by atoms with E-state index in [1.165, 1.54) is 11.8 Å². The minimum Gasteiger partial charge on any atom is -0.0844 e. The Balaban J connectivity index is 2.39. The van der Waals surface area contributed by atoms with Crippen LogP contribution in [0.5, 0.6) is 0 Å². The Morgan fingerprint density at radius 1 is 1.06 bits per heavy atom. The molecule has 1 heterocycles. The van der Waals surface area contributed by atoms with Gasteiger partial charge < -0.3 is 0 Å². The van der Waals surface area contributed by atoms with E-state index in [0.717, 1.165) is 0 Å². The summed E-state index contributed by atoms with van der Waals surface area (Å²) < 4.78 is 0. The Kier molecular flexibility index (Phi) is 2.68. The van der Waals surface area contributed by atoms with Crippen molar-refractivity contribution in [3.05, 3.63) is 29.8 Å². The highest BCUT2D eigenvalue weighted by atomic mass is 14.4. The highest BCUT2D eigenvalue weighted by Gasteiger charge is 2.42. The number of hydrogen-bond donors (Lipinski definition) is 0. The lowest BCUT2D eigenvalue weighted by molar-refractivity contribution is 0.103. The Morgan fingerprint density at radius 3 is 2.31 bits per heavy atom. The first kappa shape index (κ1) is 11.8. The third-order valence-electron chi connectivity index (χ3n) is 4.75. The summed E-state index contributed by atoms with van der Waals surface area (Å²) in [4.78, 5) is 0. The molecule has 0 amide bonds. The van der Waals surface area contributed by atoms with Crippen molar-refractivity contribution in [3.8, 4) is 0 Å². The maximum absolute atomic E-state index is 2.41. The van der Waals surface area contributed by atoms with Gasteiger partial charge in [-0.25, -0.2) is 0 Å². The molecular formula is C15H22B. The third kappa shape index (κ3) is 1.71. The molecule has 0 saturated carbocycles. The molecule has 1 atom stereocenters. The molecule has 0 saturated heterocycles. The van der Waals surface area contributed by atoms with Crippen LogP contribution in [-0.4, -0.2) is 7.28 Å². The lowest BCUT2D eigenvalue weighted by Gasteiger charge is -2.44. The van der Waals surface area contributed by atoms with Crippen LogP contribution in [-0.2, 0) is 0 Å². The molecule has 1 aromatic carbocycles. The monoisotopic (exact) mass is 213 g/mol. The molecule has 1 unspecified atom stereocenters. The van der Waals surface area contributed by atoms with E-state index in [-0.39, 0.29) is 0 Å². The fraction of sp³-hybridized carbons (Fsp3) is 0.600. The van der Waals surface area contributed by atoms with Crippen molar-refractivity contribution in [2.75, 3.05) is 0 Å². The summed E-state index contributed by atoms with van der Waals surface area (Å²) in [6.45, 7) is 11.9. The van der Waals surface area contributed by atoms with E-state index in [9.17, 15) is 0 Å². The van der Waals surface area contributed by atoms with Crippen LogP contribution in [0.4, 0.5) is 0 Å². The highest BCUT2D eigenvalue weighted by Crippen LogP contribution is 2.51. The fourth-order valence-electron chi connectivity index (χ4n) is 2.59. The van der Waals surface area contributed by atoms with Gasteiger partial charge in [0.05, 0.1) is 0 Å². The average Bonchev–Trinajstić information content (AvgIpc) is 2.59. The fourth-order valence-corrected chi connectivity index (χ4v) is 2.59. The van der Waals surface area contributed by atoms with E-state index in [0.29, 0.717) is 16.7 Å². The molecule has 1 aromatic rings. The van der Waals surface area contributed by atoms with Crippen LogP contribution in [0.2, 0.25) is 6.32 Å². The molecule has 1 aliphatic heterocycles. The van der Waals surface area contributed by atoms with Crippen molar-refractivity contribution in [1.82, 2.24) is 0 Å². The quantitative estimate of drug-likeness (QED) is 0.625. The molecule has 0 nitrogen and oxygen atoms in total. The molecule has 0 bridgehead atoms. The van der Waals surface area contributed by atoms with E-state index in [1.807, 2.05) is 0 Å². The summed E-state index contributed by atoms with van der Waals surface area (Å²) in [5.74, 6) is 0.670. The van der Waals surface area contributed by atoms with Crippen LogP contribution in [0.3, 0.4) is 0 Å². The van der Waals surface area contributed by atoms with Crippen LogP contribution in [0.1, 0.15) is 46.1 Å². The topological polar surface area (TPSA) is 0 Å². The number of hydrogen-bond acceptors (Lipinski definition) is 0. The standard InChI is InChI=1S/C15H22B/c1-14(2,3)15(4,5)12-10-16-13-9-7-6-8-11(12)13/h6-9,12H,10H2,1-5H3. The van der Waals surface area contributed by atoms with Crippen LogP contribution in [0.15, 0.2) is 24.3 Å². The van der Waals surface area contributed by atoms with Gasteiger partial charge in [-0.3, -0.25) is 0 Å². The zero-order valence-electron chi connectivity index (χ0n) is 11.2. The van der Waals surface area contributed by atoms with Gasteiger partial charge in [-0.1, -0.05) is 76.2 Å². The largest absolute Gasteiger partial charge is 0.152 e. The zero-order valence-corrected chi connectivity index (χ0v) is 11.2. The van der Waals surface area contributed by atoms with E-state index in [2.05, 4.69) is 66.2 Å². The van der Waals surface area contributed by atoms with E-state index < -0.39 is 0 Å². The van der Waals surface area contributed by atoms with Crippen molar-refractivity contribution in [2.24, 2.45) is 10.8 Å². The van der Waals surface area contributed by atoms with Crippen LogP contribution < -0.4 is 5.46 Å². The molecule has 1 heteroatoms. The SMILES string of the molecule is CC(C)(C)C(C)(C)C1C[B]c2ccccc21. The predicted molar refractivity (Wildman–Crippen MR) is 72.6 cm³/mol. The lowest BCUT2D eigenvalue weighted by atomic mass is 9.59. The second-order valence-corrected chi connectivity index (χ2v) is 6.59. The average molecular weight is 213 g/mol. The maximum atomic E-state index is 2.41. The molecule has 16 heavy (non-hydrogen) atoms. The van der Waals surface area contributed by atoms with Crippen molar-refractivity contribution in [3.63, 3.8) is 0 Å². The Bertz CT molecular complexity index is 385. The molecule has 85 valence electrons. The minimum atomic E-state index is 0.329. The van der Waals surface area contributed by atoms with Crippen LogP contribution in [0.25, 0.3) is 0 Å². The number of benzene rings is 1. The van der Waals surface area contributed by atoms with Gasteiger partial charge in [-0.15, -0.1) is 0 Å². The van der Waals surface area contributed by atoms with Gasteiger partial charge in [0.25, 0.3) is 0 Å². The normalized spacial score (nSPS) is 20.4. The van der Waals surface area contributed by atoms with Gasteiger partial charge in [0.1, 0.15) is 0 Å². The van der Waals surface area contributed by atoms with Crippen molar-refractivity contribution in [2.45, 2.75) is 46.9 Å². The van der Waals surface area contributed by atoms with Crippen molar-refractivity contribution >= 4 is 12.7 Å². The first-order valence-corrected chi connectivity index (χ1v) is 6.26. The Hall–Kier alpha value is -0.715. The summed E-state index contributed by atoms with van der Waals surface area (Å²) in [5, 5.41) is 0. The predicted octanol–water partition coefficient (Wildman–Crippen LogP) is 3.60. The summed E-state index contributed by atoms with van der Waals surface area (Å²) in [7, 11) is 2.40. The van der Waals surface area contributed by atoms with Gasteiger partial charge in [0.2, 0.25) is 0 Å². The maximum Gasteiger partial charge on any atom is 0.152 e. The molecule has 2 rings (SSSR count). The van der Waals surface area contributed by atoms with Crippen LogP contribution in [0, 0.1) is 10.8 Å². The van der Waals surface area contributed by atoms with Crippen LogP contribution >= 0.6 is 0 Å². The lowest BCUT2D eigenvalue weighted by Crippen LogP contribution is -2.35. The second kappa shape index (κ2) is 3.65. The zero-order chi connectivity index (χ0) is 12.0. The van der Waals surface area contributed by atoms with Gasteiger partial charge in [0, 0.05) is 0 Å². The summed E-state index contributed by atoms with van der Waals surface area (Å²) in [6, 6.07) is 8.86. The summed E-state index contributed by atoms with van der Waals surface area (Å²) in [5.41, 5.74) is 3.66. The van der Waals surface area contributed by atoms with Gasteiger partial charge in [0.15, 0.2) is 7.28 Å². The van der Waals surface area contributed by atoms with E-state index in [1.54, 1.807) is 5.56 Å². The van der Waals surface area contributed by atoms with E-state index in [4.69, 9.17) is 0 Å². The summed E-state index contributed by atoms with van der Waals surface area (Å²) in [6.07, 6.45) is 1.20. The van der Waals surface area contributed by atoms with Gasteiger partial charge in [-0.05, 0) is 16.7 Å². The molecule has 0 fully saturated rings. The Labute approximate surface area is 101 Å². The van der Waals surface area contributed by atoms with Gasteiger partial charge >= 0.3 is 0 Å². The molecule has 0 aliphatic carbocycles. The first-order chi connectivity index (χ1) is 7.34. The second-order valence-electron chi connectivity index (χ2n) is 6.59. The molecule has 1 radical (unpaired) electrons. The van der Waals surface area contributed by atoms with Crippen molar-refractivity contribution in [1.29, 1.82) is 0 Å². The first-order valence-electron chi connectivity index (χ1n) is 6.26. The smallest absolute Gasteiger partial charge is 0.0844 e. The molecule has 1 aliphatic rings. The number of rotatable bonds is 1. The molecule has 0 spiro atoms. The van der Waals surface area contributed by atoms with Crippen molar-refractivity contribution < 1.29 is 0 Å².